The molecule has 0 fully saturated rings. The van der Waals surface area contributed by atoms with Crippen LogP contribution in [0.15, 0.2) is 18.2 Å². The first kappa shape index (κ1) is 19.8. The third-order valence-electron chi connectivity index (χ3n) is 3.10. The minimum absolute atomic E-state index is 0.0729. The SMILES string of the molecule is COc1ccc(CN(CC(C)C)C(=O)OC(C)(C)C)cc1C(=O)O. The fraction of sp³-hybridized carbons (Fsp3) is 0.556. The summed E-state index contributed by atoms with van der Waals surface area (Å²) in [7, 11) is 1.42. The van der Waals surface area contributed by atoms with Gasteiger partial charge in [0.05, 0.1) is 7.11 Å². The van der Waals surface area contributed by atoms with Gasteiger partial charge in [0.15, 0.2) is 0 Å². The monoisotopic (exact) mass is 337 g/mol. The zero-order valence-electron chi connectivity index (χ0n) is 15.3. The Kier molecular flexibility index (Phi) is 6.63. The van der Waals surface area contributed by atoms with Gasteiger partial charge < -0.3 is 19.5 Å². The Morgan fingerprint density at radius 3 is 2.33 bits per heavy atom. The zero-order valence-corrected chi connectivity index (χ0v) is 15.3. The van der Waals surface area contributed by atoms with E-state index >= 15 is 0 Å². The van der Waals surface area contributed by atoms with Crippen LogP contribution in [-0.2, 0) is 11.3 Å². The lowest BCUT2D eigenvalue weighted by molar-refractivity contribution is 0.0211. The van der Waals surface area contributed by atoms with E-state index in [4.69, 9.17) is 9.47 Å². The van der Waals surface area contributed by atoms with E-state index in [0.29, 0.717) is 17.9 Å². The summed E-state index contributed by atoms with van der Waals surface area (Å²) in [6.45, 7) is 10.2. The molecule has 0 saturated carbocycles. The molecule has 0 saturated heterocycles. The van der Waals surface area contributed by atoms with E-state index in [1.807, 2.05) is 34.6 Å². The van der Waals surface area contributed by atoms with Gasteiger partial charge in [0.2, 0.25) is 0 Å². The van der Waals surface area contributed by atoms with Crippen LogP contribution >= 0.6 is 0 Å². The number of methoxy groups -OCH3 is 1. The van der Waals surface area contributed by atoms with E-state index in [1.54, 1.807) is 17.0 Å². The van der Waals surface area contributed by atoms with Crippen LogP contribution in [0.5, 0.6) is 5.75 Å². The topological polar surface area (TPSA) is 76.1 Å². The van der Waals surface area contributed by atoms with E-state index in [0.717, 1.165) is 0 Å². The Morgan fingerprint density at radius 1 is 1.25 bits per heavy atom. The highest BCUT2D eigenvalue weighted by Crippen LogP contribution is 2.22. The summed E-state index contributed by atoms with van der Waals surface area (Å²) < 4.78 is 10.5. The number of amides is 1. The number of aromatic carboxylic acids is 1. The molecule has 1 aromatic rings. The zero-order chi connectivity index (χ0) is 18.5. The summed E-state index contributed by atoms with van der Waals surface area (Å²) in [6, 6.07) is 4.88. The molecular weight excluding hydrogens is 310 g/mol. The van der Waals surface area contributed by atoms with Crippen molar-refractivity contribution in [3.8, 4) is 5.75 Å². The Balaban J connectivity index is 3.04. The molecule has 134 valence electrons. The van der Waals surface area contributed by atoms with Crippen LogP contribution in [-0.4, -0.2) is 41.3 Å². The van der Waals surface area contributed by atoms with E-state index in [2.05, 4.69) is 0 Å². The van der Waals surface area contributed by atoms with Crippen LogP contribution in [0.4, 0.5) is 4.79 Å². The number of rotatable bonds is 6. The lowest BCUT2D eigenvalue weighted by atomic mass is 10.1. The summed E-state index contributed by atoms with van der Waals surface area (Å²) in [5, 5.41) is 9.28. The molecule has 6 nitrogen and oxygen atoms in total. The van der Waals surface area contributed by atoms with Crippen LogP contribution in [0.1, 0.15) is 50.5 Å². The van der Waals surface area contributed by atoms with Crippen LogP contribution in [0.25, 0.3) is 0 Å². The number of carbonyl (C=O) groups is 2. The number of hydrogen-bond acceptors (Lipinski definition) is 4. The van der Waals surface area contributed by atoms with Crippen LogP contribution < -0.4 is 4.74 Å². The summed E-state index contributed by atoms with van der Waals surface area (Å²) >= 11 is 0. The number of carbonyl (C=O) groups excluding carboxylic acids is 1. The molecule has 24 heavy (non-hydrogen) atoms. The van der Waals surface area contributed by atoms with E-state index in [9.17, 15) is 14.7 Å². The first-order chi connectivity index (χ1) is 11.0. The normalized spacial score (nSPS) is 11.3. The van der Waals surface area contributed by atoms with Gasteiger partial charge in [-0.1, -0.05) is 19.9 Å². The molecular formula is C18H27NO5. The molecule has 0 aliphatic rings. The van der Waals surface area contributed by atoms with Crippen molar-refractivity contribution >= 4 is 12.1 Å². The molecule has 0 heterocycles. The van der Waals surface area contributed by atoms with Gasteiger partial charge in [-0.3, -0.25) is 0 Å². The number of benzene rings is 1. The van der Waals surface area contributed by atoms with E-state index < -0.39 is 17.7 Å². The second-order valence-electron chi connectivity index (χ2n) is 7.09. The molecule has 0 atom stereocenters. The molecule has 6 heteroatoms. The van der Waals surface area contributed by atoms with Crippen molar-refractivity contribution in [2.24, 2.45) is 5.92 Å². The van der Waals surface area contributed by atoms with Gasteiger partial charge in [-0.05, 0) is 44.4 Å². The first-order valence-electron chi connectivity index (χ1n) is 7.91. The largest absolute Gasteiger partial charge is 0.496 e. The second kappa shape index (κ2) is 8.04. The number of nitrogens with zero attached hydrogens (tertiary/aromatic N) is 1. The van der Waals surface area contributed by atoms with Crippen molar-refractivity contribution < 1.29 is 24.2 Å². The maximum absolute atomic E-state index is 12.4. The molecule has 1 N–H and O–H groups in total. The molecule has 1 amide bonds. The van der Waals surface area contributed by atoms with Crippen LogP contribution in [0, 0.1) is 5.92 Å². The third kappa shape index (κ3) is 6.10. The lowest BCUT2D eigenvalue weighted by Gasteiger charge is -2.28. The van der Waals surface area contributed by atoms with Gasteiger partial charge in [-0.25, -0.2) is 9.59 Å². The van der Waals surface area contributed by atoms with Crippen molar-refractivity contribution in [1.29, 1.82) is 0 Å². The standard InChI is InChI=1S/C18H27NO5/c1-12(2)10-19(17(22)24-18(3,4)5)11-13-7-8-15(23-6)14(9-13)16(20)21/h7-9,12H,10-11H2,1-6H3,(H,20,21). The van der Waals surface area contributed by atoms with Crippen molar-refractivity contribution in [3.05, 3.63) is 29.3 Å². The summed E-state index contributed by atoms with van der Waals surface area (Å²) in [5.41, 5.74) is 0.196. The molecule has 0 aromatic heterocycles. The molecule has 0 aliphatic carbocycles. The summed E-state index contributed by atoms with van der Waals surface area (Å²) in [4.78, 5) is 25.3. The van der Waals surface area contributed by atoms with E-state index in [1.165, 1.54) is 13.2 Å². The molecule has 0 unspecified atom stereocenters. The van der Waals surface area contributed by atoms with Gasteiger partial charge in [0.1, 0.15) is 16.9 Å². The van der Waals surface area contributed by atoms with Crippen LogP contribution in [0.2, 0.25) is 0 Å². The Hall–Kier alpha value is -2.24. The number of hydrogen-bond donors (Lipinski definition) is 1. The fourth-order valence-corrected chi connectivity index (χ4v) is 2.21. The van der Waals surface area contributed by atoms with Gasteiger partial charge >= 0.3 is 12.1 Å². The molecule has 0 bridgehead atoms. The minimum Gasteiger partial charge on any atom is -0.496 e. The Morgan fingerprint density at radius 2 is 1.88 bits per heavy atom. The lowest BCUT2D eigenvalue weighted by Crippen LogP contribution is -2.38. The third-order valence-corrected chi connectivity index (χ3v) is 3.10. The highest BCUT2D eigenvalue weighted by molar-refractivity contribution is 5.91. The fourth-order valence-electron chi connectivity index (χ4n) is 2.21. The maximum Gasteiger partial charge on any atom is 0.410 e. The minimum atomic E-state index is -1.07. The van der Waals surface area contributed by atoms with Crippen molar-refractivity contribution in [3.63, 3.8) is 0 Å². The highest BCUT2D eigenvalue weighted by Gasteiger charge is 2.23. The molecule has 0 spiro atoms. The highest BCUT2D eigenvalue weighted by atomic mass is 16.6. The number of carboxylic acids is 1. The number of ether oxygens (including phenoxy) is 2. The molecule has 1 rings (SSSR count). The van der Waals surface area contributed by atoms with E-state index in [-0.39, 0.29) is 18.0 Å². The maximum atomic E-state index is 12.4. The van der Waals surface area contributed by atoms with Gasteiger partial charge in [-0.15, -0.1) is 0 Å². The molecule has 0 radical (unpaired) electrons. The van der Waals surface area contributed by atoms with Gasteiger partial charge in [0, 0.05) is 13.1 Å². The molecule has 1 aromatic carbocycles. The quantitative estimate of drug-likeness (QED) is 0.855. The van der Waals surface area contributed by atoms with Crippen LogP contribution in [0.3, 0.4) is 0 Å². The Labute approximate surface area is 143 Å². The summed E-state index contributed by atoms with van der Waals surface area (Å²) in [5.74, 6) is -0.519. The van der Waals surface area contributed by atoms with Crippen molar-refractivity contribution in [2.45, 2.75) is 46.8 Å². The number of carboxylic acid groups (broad SMARTS) is 1. The second-order valence-corrected chi connectivity index (χ2v) is 7.09. The predicted octanol–water partition coefficient (Wildman–Crippen LogP) is 3.79. The molecule has 0 aliphatic heterocycles. The smallest absolute Gasteiger partial charge is 0.410 e. The van der Waals surface area contributed by atoms with Crippen molar-refractivity contribution in [1.82, 2.24) is 4.90 Å². The van der Waals surface area contributed by atoms with Crippen molar-refractivity contribution in [2.75, 3.05) is 13.7 Å². The van der Waals surface area contributed by atoms with Gasteiger partial charge in [0.25, 0.3) is 0 Å². The predicted molar refractivity (Wildman–Crippen MR) is 91.4 cm³/mol. The van der Waals surface area contributed by atoms with Gasteiger partial charge in [-0.2, -0.15) is 0 Å². The Bertz CT molecular complexity index is 590. The average molecular weight is 337 g/mol. The first-order valence-corrected chi connectivity index (χ1v) is 7.91. The average Bonchev–Trinajstić information content (AvgIpc) is 2.44. The summed E-state index contributed by atoms with van der Waals surface area (Å²) in [6.07, 6.45) is -0.413.